The second-order valence-electron chi connectivity index (χ2n) is 6.37. The standard InChI is InChI=1S/C18H20N2OS/c21-18(16-5-10-20-8-3-14(16)4-9-20)17-11-15(12-22-17)13-1-6-19-7-2-13/h1-2,6-7,11-12,14,16H,3-5,8-10H2. The van der Waals surface area contributed by atoms with Crippen molar-refractivity contribution in [3.8, 4) is 11.1 Å². The summed E-state index contributed by atoms with van der Waals surface area (Å²) >= 11 is 1.60. The normalized spacial score (nSPS) is 27.5. The van der Waals surface area contributed by atoms with Gasteiger partial charge < -0.3 is 4.90 Å². The predicted octanol–water partition coefficient (Wildman–Crippen LogP) is 3.72. The van der Waals surface area contributed by atoms with Gasteiger partial charge >= 0.3 is 0 Å². The number of carbonyl (C=O) groups excluding carboxylic acids is 1. The molecule has 4 heteroatoms. The van der Waals surface area contributed by atoms with Gasteiger partial charge in [0.1, 0.15) is 0 Å². The number of aromatic nitrogens is 1. The topological polar surface area (TPSA) is 33.2 Å². The minimum atomic E-state index is 0.233. The van der Waals surface area contributed by atoms with Crippen LogP contribution in [0, 0.1) is 11.8 Å². The summed E-state index contributed by atoms with van der Waals surface area (Å²) in [5.74, 6) is 1.20. The molecule has 1 unspecified atom stereocenters. The van der Waals surface area contributed by atoms with Gasteiger partial charge in [-0.25, -0.2) is 0 Å². The van der Waals surface area contributed by atoms with Gasteiger partial charge in [-0.15, -0.1) is 11.3 Å². The van der Waals surface area contributed by atoms with Crippen LogP contribution in [0.3, 0.4) is 0 Å². The first-order valence-electron chi connectivity index (χ1n) is 8.07. The van der Waals surface area contributed by atoms with Crippen molar-refractivity contribution in [1.82, 2.24) is 9.88 Å². The van der Waals surface area contributed by atoms with Crippen molar-refractivity contribution in [2.24, 2.45) is 11.8 Å². The fourth-order valence-corrected chi connectivity index (χ4v) is 4.75. The molecule has 3 fully saturated rings. The molecule has 5 heterocycles. The highest BCUT2D eigenvalue weighted by Crippen LogP contribution is 2.36. The first-order valence-corrected chi connectivity index (χ1v) is 8.95. The highest BCUT2D eigenvalue weighted by atomic mass is 32.1. The quantitative estimate of drug-likeness (QED) is 0.810. The maximum atomic E-state index is 13.0. The number of fused-ring (bicyclic) bond motifs is 4. The summed E-state index contributed by atoms with van der Waals surface area (Å²) in [6.45, 7) is 3.46. The van der Waals surface area contributed by atoms with E-state index in [1.807, 2.05) is 12.1 Å². The number of pyridine rings is 1. The van der Waals surface area contributed by atoms with Gasteiger partial charge in [0.15, 0.2) is 5.78 Å². The predicted molar refractivity (Wildman–Crippen MR) is 89.2 cm³/mol. The Hall–Kier alpha value is -1.52. The smallest absolute Gasteiger partial charge is 0.176 e. The third-order valence-corrected chi connectivity index (χ3v) is 6.10. The highest BCUT2D eigenvalue weighted by Gasteiger charge is 2.35. The van der Waals surface area contributed by atoms with E-state index < -0.39 is 0 Å². The molecule has 0 aliphatic carbocycles. The molecule has 0 radical (unpaired) electrons. The average Bonchev–Trinajstić information content (AvgIpc) is 2.88. The van der Waals surface area contributed by atoms with Gasteiger partial charge in [-0.3, -0.25) is 9.78 Å². The average molecular weight is 312 g/mol. The van der Waals surface area contributed by atoms with Crippen molar-refractivity contribution in [2.75, 3.05) is 19.6 Å². The van der Waals surface area contributed by atoms with Crippen molar-refractivity contribution in [3.63, 3.8) is 0 Å². The monoisotopic (exact) mass is 312 g/mol. The second kappa shape index (κ2) is 5.94. The van der Waals surface area contributed by atoms with Gasteiger partial charge in [0.25, 0.3) is 0 Å². The molecule has 2 bridgehead atoms. The second-order valence-corrected chi connectivity index (χ2v) is 7.29. The van der Waals surface area contributed by atoms with Crippen LogP contribution in [-0.2, 0) is 0 Å². The maximum Gasteiger partial charge on any atom is 0.176 e. The van der Waals surface area contributed by atoms with Gasteiger partial charge in [0.2, 0.25) is 0 Å². The lowest BCUT2D eigenvalue weighted by Crippen LogP contribution is -2.31. The van der Waals surface area contributed by atoms with Crippen LogP contribution in [0.1, 0.15) is 28.9 Å². The number of nitrogens with zero attached hydrogens (tertiary/aromatic N) is 2. The van der Waals surface area contributed by atoms with Crippen molar-refractivity contribution in [3.05, 3.63) is 40.8 Å². The first-order chi connectivity index (χ1) is 10.8. The summed E-state index contributed by atoms with van der Waals surface area (Å²) in [4.78, 5) is 20.5. The summed E-state index contributed by atoms with van der Waals surface area (Å²) in [5.41, 5.74) is 2.27. The Kier molecular flexibility index (Phi) is 3.80. The van der Waals surface area contributed by atoms with Crippen LogP contribution in [0.5, 0.6) is 0 Å². The highest BCUT2D eigenvalue weighted by molar-refractivity contribution is 7.12. The molecule has 3 nitrogen and oxygen atoms in total. The van der Waals surface area contributed by atoms with Gasteiger partial charge in [-0.05, 0) is 79.5 Å². The fraction of sp³-hybridized carbons (Fsp3) is 0.444. The van der Waals surface area contributed by atoms with Crippen LogP contribution >= 0.6 is 11.3 Å². The lowest BCUT2D eigenvalue weighted by Gasteiger charge is -2.28. The van der Waals surface area contributed by atoms with Gasteiger partial charge in [-0.2, -0.15) is 0 Å². The molecule has 22 heavy (non-hydrogen) atoms. The molecule has 114 valence electrons. The summed E-state index contributed by atoms with van der Waals surface area (Å²) in [7, 11) is 0. The maximum absolute atomic E-state index is 13.0. The van der Waals surface area contributed by atoms with Crippen molar-refractivity contribution in [1.29, 1.82) is 0 Å². The van der Waals surface area contributed by atoms with Crippen LogP contribution in [0.25, 0.3) is 11.1 Å². The molecular formula is C18H20N2OS. The number of piperidine rings is 1. The molecule has 1 atom stereocenters. The number of hydrogen-bond donors (Lipinski definition) is 0. The van der Waals surface area contributed by atoms with Gasteiger partial charge in [0, 0.05) is 18.3 Å². The van der Waals surface area contributed by atoms with Crippen LogP contribution in [0.15, 0.2) is 36.0 Å². The van der Waals surface area contributed by atoms with E-state index in [9.17, 15) is 4.79 Å². The Balaban J connectivity index is 1.57. The van der Waals surface area contributed by atoms with E-state index in [-0.39, 0.29) is 5.92 Å². The van der Waals surface area contributed by atoms with Crippen molar-refractivity contribution < 1.29 is 4.79 Å². The zero-order chi connectivity index (χ0) is 14.9. The molecule has 0 amide bonds. The molecule has 3 saturated heterocycles. The molecule has 2 aromatic rings. The van der Waals surface area contributed by atoms with Gasteiger partial charge in [-0.1, -0.05) is 0 Å². The van der Waals surface area contributed by atoms with Crippen LogP contribution < -0.4 is 0 Å². The number of ketones is 1. The zero-order valence-electron chi connectivity index (χ0n) is 12.6. The van der Waals surface area contributed by atoms with E-state index in [2.05, 4.69) is 21.3 Å². The third kappa shape index (κ3) is 2.61. The number of hydrogen-bond acceptors (Lipinski definition) is 4. The number of Topliss-reactive ketones (excluding diaryl/α,β-unsaturated/α-hetero) is 1. The van der Waals surface area contributed by atoms with E-state index in [0.29, 0.717) is 11.7 Å². The molecule has 0 saturated carbocycles. The molecule has 0 aromatic carbocycles. The van der Waals surface area contributed by atoms with Crippen molar-refractivity contribution in [2.45, 2.75) is 19.3 Å². The minimum absolute atomic E-state index is 0.233. The van der Waals surface area contributed by atoms with Crippen molar-refractivity contribution >= 4 is 17.1 Å². The zero-order valence-corrected chi connectivity index (χ0v) is 13.4. The molecule has 3 aliphatic rings. The first kappa shape index (κ1) is 14.1. The lowest BCUT2D eigenvalue weighted by atomic mass is 9.82. The SMILES string of the molecule is O=C(c1cc(-c2ccncc2)cs1)C1CCN2CCC1CC2. The number of carbonyl (C=O) groups is 1. The summed E-state index contributed by atoms with van der Waals surface area (Å²) in [6.07, 6.45) is 7.02. The molecule has 0 N–H and O–H groups in total. The minimum Gasteiger partial charge on any atom is -0.303 e. The largest absolute Gasteiger partial charge is 0.303 e. The number of thiophene rings is 1. The lowest BCUT2D eigenvalue weighted by molar-refractivity contribution is 0.0864. The van der Waals surface area contributed by atoms with Crippen LogP contribution in [-0.4, -0.2) is 35.3 Å². The van der Waals surface area contributed by atoms with Crippen LogP contribution in [0.2, 0.25) is 0 Å². The van der Waals surface area contributed by atoms with E-state index in [1.54, 1.807) is 23.7 Å². The summed E-state index contributed by atoms with van der Waals surface area (Å²) in [5, 5.41) is 2.10. The van der Waals surface area contributed by atoms with Gasteiger partial charge in [0.05, 0.1) is 4.88 Å². The molecule has 2 aromatic heterocycles. The Morgan fingerprint density at radius 1 is 1.09 bits per heavy atom. The Labute approximate surface area is 135 Å². The van der Waals surface area contributed by atoms with E-state index in [4.69, 9.17) is 0 Å². The third-order valence-electron chi connectivity index (χ3n) is 5.15. The van der Waals surface area contributed by atoms with E-state index >= 15 is 0 Å². The fourth-order valence-electron chi connectivity index (χ4n) is 3.83. The molecular weight excluding hydrogens is 292 g/mol. The molecule has 0 spiro atoms. The summed E-state index contributed by atoms with van der Waals surface area (Å²) < 4.78 is 0. The number of rotatable bonds is 3. The van der Waals surface area contributed by atoms with E-state index in [1.165, 1.54) is 25.9 Å². The van der Waals surface area contributed by atoms with E-state index in [0.717, 1.165) is 29.0 Å². The molecule has 3 aliphatic heterocycles. The Morgan fingerprint density at radius 2 is 1.82 bits per heavy atom. The summed E-state index contributed by atoms with van der Waals surface area (Å²) in [6, 6.07) is 6.06. The Morgan fingerprint density at radius 3 is 2.59 bits per heavy atom. The van der Waals surface area contributed by atoms with Crippen LogP contribution in [0.4, 0.5) is 0 Å². The Bertz CT molecular complexity index is 659. The molecule has 5 rings (SSSR count).